The largest absolute Gasteiger partial charge is 0.507 e. The molecule has 0 aromatic heterocycles. The molecule has 0 spiro atoms. The fraction of sp³-hybridized carbons (Fsp3) is 0.316. The molecule has 6 N–H and O–H groups in total. The lowest BCUT2D eigenvalue weighted by atomic mass is 9.68. The molecule has 9 aromatic rings. The molecule has 101 heavy (non-hydrogen) atoms. The molecule has 0 saturated heterocycles. The van der Waals surface area contributed by atoms with Gasteiger partial charge in [0.1, 0.15) is 34.5 Å². The standard InChI is InChI=1S/C35H48O6.C23H18Br6O2.C21H14Br6O2/c1-8-23-14-29(15-24(9-2)32(23)36)35(7,30-16-25(10-3)33(37)26(17-30)20-39-11-4)31-18-27(21-40-12-5)34(38)28(19-31)22-41-13-6;1-11-16(24)4-12(5-17(11)25)23(2,13-6-18(26)15(10-30)19(27)7-13)14-8-20(28)22(31-3)21(29)9-14;1-9-13(22)3-10(4-14(9)23)21(2,11-5-15(24)19(28)16(25)6-11)12-7-17(26)20(29)18(27)8-12/h14-19,36-38H,8-13,20-22H2,1-7H3;4-9,30H,10H2,1-3H3;3-8,28-29H,1-2H3/t35-;23-;/m10./s1. The number of methoxy groups -OCH3 is 1. The highest BCUT2D eigenvalue weighted by molar-refractivity contribution is 9.12. The van der Waals surface area contributed by atoms with Gasteiger partial charge in [-0.2, -0.15) is 0 Å². The molecular formula is C79H80Br12O10. The van der Waals surface area contributed by atoms with Crippen LogP contribution in [-0.2, 0) is 76.1 Å². The second-order valence-electron chi connectivity index (χ2n) is 24.5. The molecule has 0 radical (unpaired) electrons. The number of aryl methyl sites for hydroxylation is 3. The van der Waals surface area contributed by atoms with Crippen LogP contribution in [0.3, 0.4) is 0 Å². The number of rotatable bonds is 23. The number of ether oxygens (including phenoxy) is 4. The van der Waals surface area contributed by atoms with Crippen molar-refractivity contribution in [2.75, 3.05) is 26.9 Å². The molecule has 0 aliphatic rings. The molecule has 540 valence electrons. The van der Waals surface area contributed by atoms with Gasteiger partial charge in [0.2, 0.25) is 0 Å². The molecule has 0 aliphatic heterocycles. The second-order valence-corrected chi connectivity index (χ2v) is 34.8. The van der Waals surface area contributed by atoms with E-state index in [2.05, 4.69) is 286 Å². The van der Waals surface area contributed by atoms with Gasteiger partial charge in [-0.15, -0.1) is 0 Å². The van der Waals surface area contributed by atoms with Crippen molar-refractivity contribution in [3.63, 3.8) is 0 Å². The van der Waals surface area contributed by atoms with Gasteiger partial charge in [0, 0.05) is 85.2 Å². The van der Waals surface area contributed by atoms with Gasteiger partial charge in [0.05, 0.1) is 60.4 Å². The van der Waals surface area contributed by atoms with E-state index in [0.717, 1.165) is 131 Å². The summed E-state index contributed by atoms with van der Waals surface area (Å²) in [5, 5.41) is 63.5. The normalized spacial score (nSPS) is 12.7. The highest BCUT2D eigenvalue weighted by Crippen LogP contribution is 2.52. The fourth-order valence-electron chi connectivity index (χ4n) is 12.1. The van der Waals surface area contributed by atoms with E-state index in [4.69, 9.17) is 18.9 Å². The molecule has 0 fully saturated rings. The number of hydrogen-bond acceptors (Lipinski definition) is 10. The third-order valence-corrected chi connectivity index (χ3v) is 26.9. The van der Waals surface area contributed by atoms with Gasteiger partial charge in [-0.3, -0.25) is 0 Å². The predicted molar refractivity (Wildman–Crippen MR) is 451 cm³/mol. The number of aliphatic hydroxyl groups is 1. The Morgan fingerprint density at radius 2 is 0.505 bits per heavy atom. The minimum atomic E-state index is -0.713. The average Bonchev–Trinajstić information content (AvgIpc) is 0.755. The summed E-state index contributed by atoms with van der Waals surface area (Å²) in [5.41, 5.74) is 15.2. The van der Waals surface area contributed by atoms with E-state index < -0.39 is 16.2 Å². The third kappa shape index (κ3) is 18.7. The highest BCUT2D eigenvalue weighted by atomic mass is 79.9. The van der Waals surface area contributed by atoms with Crippen LogP contribution in [0.15, 0.2) is 163 Å². The van der Waals surface area contributed by atoms with Crippen molar-refractivity contribution in [3.8, 4) is 34.5 Å². The summed E-state index contributed by atoms with van der Waals surface area (Å²) in [6.45, 7) is 24.9. The number of hydrogen-bond donors (Lipinski definition) is 6. The minimum absolute atomic E-state index is 0.0561. The Hall–Kier alpha value is -2.62. The summed E-state index contributed by atoms with van der Waals surface area (Å²) in [4.78, 5) is 0. The monoisotopic (exact) mass is 2140 g/mol. The Bertz CT molecular complexity index is 4110. The lowest BCUT2D eigenvalue weighted by Crippen LogP contribution is -2.27. The summed E-state index contributed by atoms with van der Waals surface area (Å²) < 4.78 is 32.6. The van der Waals surface area contributed by atoms with Crippen LogP contribution in [0.4, 0.5) is 0 Å². The van der Waals surface area contributed by atoms with Crippen molar-refractivity contribution in [3.05, 3.63) is 263 Å². The summed E-state index contributed by atoms with van der Waals surface area (Å²) in [6.07, 6.45) is 2.04. The smallest absolute Gasteiger partial charge is 0.147 e. The van der Waals surface area contributed by atoms with Crippen molar-refractivity contribution < 1.29 is 49.6 Å². The Morgan fingerprint density at radius 3 is 0.743 bits per heavy atom. The first-order valence-electron chi connectivity index (χ1n) is 32.4. The Morgan fingerprint density at radius 1 is 0.297 bits per heavy atom. The summed E-state index contributed by atoms with van der Waals surface area (Å²) in [6, 6.07) is 36.8. The van der Waals surface area contributed by atoms with Crippen molar-refractivity contribution >= 4 is 191 Å². The molecule has 0 unspecified atom stereocenters. The van der Waals surface area contributed by atoms with Crippen LogP contribution in [0, 0.1) is 13.8 Å². The third-order valence-electron chi connectivity index (χ3n) is 18.6. The maximum absolute atomic E-state index is 11.2. The van der Waals surface area contributed by atoms with Gasteiger partial charge in [-0.25, -0.2) is 0 Å². The Kier molecular flexibility index (Phi) is 31.8. The topological polar surface area (TPSA) is 158 Å². The van der Waals surface area contributed by atoms with Crippen LogP contribution in [0.5, 0.6) is 34.5 Å². The molecule has 10 nitrogen and oxygen atoms in total. The van der Waals surface area contributed by atoms with E-state index in [-0.39, 0.29) is 42.8 Å². The number of halogens is 12. The zero-order valence-electron chi connectivity index (χ0n) is 57.8. The first kappa shape index (κ1) is 85.6. The van der Waals surface area contributed by atoms with Gasteiger partial charge < -0.3 is 49.6 Å². The van der Waals surface area contributed by atoms with Crippen molar-refractivity contribution in [2.24, 2.45) is 0 Å². The van der Waals surface area contributed by atoms with Gasteiger partial charge in [0.15, 0.2) is 0 Å². The van der Waals surface area contributed by atoms with E-state index in [1.807, 2.05) is 90.9 Å². The molecule has 0 aliphatic carbocycles. The van der Waals surface area contributed by atoms with Gasteiger partial charge in [-0.1, -0.05) is 135 Å². The quantitative estimate of drug-likeness (QED) is 0.0341. The van der Waals surface area contributed by atoms with Gasteiger partial charge >= 0.3 is 0 Å². The van der Waals surface area contributed by atoms with Crippen LogP contribution < -0.4 is 4.74 Å². The van der Waals surface area contributed by atoms with Gasteiger partial charge in [-0.05, 0) is 339 Å². The molecule has 2 atom stereocenters. The van der Waals surface area contributed by atoms with E-state index in [1.165, 1.54) is 0 Å². The lowest BCUT2D eigenvalue weighted by Gasteiger charge is -2.35. The average molecular weight is 2150 g/mol. The number of phenolic OH excluding ortho intramolecular Hbond substituents is 5. The van der Waals surface area contributed by atoms with Crippen molar-refractivity contribution in [1.29, 1.82) is 0 Å². The number of aliphatic hydroxyl groups excluding tert-OH is 1. The first-order chi connectivity index (χ1) is 47.7. The van der Waals surface area contributed by atoms with Crippen molar-refractivity contribution in [1.82, 2.24) is 0 Å². The van der Waals surface area contributed by atoms with Crippen LogP contribution in [0.2, 0.25) is 0 Å². The highest BCUT2D eigenvalue weighted by Gasteiger charge is 2.38. The van der Waals surface area contributed by atoms with E-state index >= 15 is 0 Å². The number of aromatic hydroxyl groups is 5. The molecule has 9 rings (SSSR count). The summed E-state index contributed by atoms with van der Waals surface area (Å²) in [7, 11) is 1.65. The zero-order chi connectivity index (χ0) is 74.9. The Balaban J connectivity index is 0.000000216. The van der Waals surface area contributed by atoms with Crippen molar-refractivity contribution in [2.45, 2.75) is 138 Å². The molecule has 22 heteroatoms. The summed E-state index contributed by atoms with van der Waals surface area (Å²) >= 11 is 43.2. The van der Waals surface area contributed by atoms with Crippen LogP contribution in [-0.4, -0.2) is 57.6 Å². The second kappa shape index (κ2) is 37.5. The zero-order valence-corrected chi connectivity index (χ0v) is 76.8. The molecule has 0 amide bonds. The molecule has 0 saturated carbocycles. The van der Waals surface area contributed by atoms with E-state index in [1.54, 1.807) is 7.11 Å². The van der Waals surface area contributed by atoms with E-state index in [0.29, 0.717) is 80.5 Å². The summed E-state index contributed by atoms with van der Waals surface area (Å²) in [5.74, 6) is 1.84. The van der Waals surface area contributed by atoms with Gasteiger partial charge in [0.25, 0.3) is 0 Å². The lowest BCUT2D eigenvalue weighted by molar-refractivity contribution is 0.126. The van der Waals surface area contributed by atoms with Crippen LogP contribution in [0.25, 0.3) is 0 Å². The van der Waals surface area contributed by atoms with E-state index in [9.17, 15) is 30.6 Å². The first-order valence-corrected chi connectivity index (χ1v) is 41.9. The Labute approximate surface area is 695 Å². The SMILES string of the molecule is CCOCc1cc([C@@](C)(c2cc(CC)c(O)c(CC)c2)c2cc(COCC)c(O)c(COCC)c2)cc(CC)c1O.COc1c(Br)cc([C@@](C)(c2cc(Br)c(C)c(Br)c2)c2cc(Br)c(CO)c(Br)c2)cc1Br.Cc1c(Br)cc(C(C)(c2cc(Br)c(O)c(Br)c2)c2cc(Br)c(O)c(Br)c2)cc1Br. The van der Waals surface area contributed by atoms with Crippen LogP contribution in [0.1, 0.15) is 162 Å². The fourth-order valence-corrected chi connectivity index (χ4v) is 19.8. The maximum atomic E-state index is 11.2. The predicted octanol–water partition coefficient (Wildman–Crippen LogP) is 26.2. The molecule has 9 aromatic carbocycles. The molecular weight excluding hydrogens is 2070 g/mol. The minimum Gasteiger partial charge on any atom is -0.507 e. The number of phenols is 5. The van der Waals surface area contributed by atoms with Crippen LogP contribution >= 0.6 is 191 Å². The molecule has 0 heterocycles. The molecule has 0 bridgehead atoms. The number of benzene rings is 9. The maximum Gasteiger partial charge on any atom is 0.147 e.